The van der Waals surface area contributed by atoms with Crippen LogP contribution >= 0.6 is 0 Å². The molecule has 0 unspecified atom stereocenters. The van der Waals surface area contributed by atoms with E-state index in [9.17, 15) is 0 Å². The van der Waals surface area contributed by atoms with E-state index in [1.165, 1.54) is 11.1 Å². The lowest BCUT2D eigenvalue weighted by Gasteiger charge is -2.18. The number of benzene rings is 1. The van der Waals surface area contributed by atoms with Gasteiger partial charge in [-0.25, -0.2) is 0 Å². The lowest BCUT2D eigenvalue weighted by molar-refractivity contribution is -0.145. The van der Waals surface area contributed by atoms with Gasteiger partial charge in [-0.15, -0.1) is 0 Å². The maximum atomic E-state index is 5.91. The first-order valence-electron chi connectivity index (χ1n) is 5.41. The van der Waals surface area contributed by atoms with Gasteiger partial charge in [0, 0.05) is 0 Å². The summed E-state index contributed by atoms with van der Waals surface area (Å²) in [6.45, 7) is 8.09. The second-order valence-corrected chi connectivity index (χ2v) is 4.62. The third-order valence-electron chi connectivity index (χ3n) is 2.80. The summed E-state index contributed by atoms with van der Waals surface area (Å²) in [5, 5.41) is 0. The quantitative estimate of drug-likeness (QED) is 0.702. The molecule has 1 heterocycles. The molecule has 2 rings (SSSR count). The molecule has 0 amide bonds. The van der Waals surface area contributed by atoms with Crippen LogP contribution in [-0.4, -0.2) is 11.9 Å². The van der Waals surface area contributed by atoms with Crippen LogP contribution in [0.3, 0.4) is 0 Å². The van der Waals surface area contributed by atoms with Gasteiger partial charge in [-0.2, -0.15) is 0 Å². The summed E-state index contributed by atoms with van der Waals surface area (Å²) < 4.78 is 11.7. The molecule has 0 bridgehead atoms. The van der Waals surface area contributed by atoms with E-state index < -0.39 is 5.79 Å². The van der Waals surface area contributed by atoms with E-state index in [0.717, 1.165) is 0 Å². The van der Waals surface area contributed by atoms with Gasteiger partial charge in [0.25, 0.3) is 0 Å². The fourth-order valence-electron chi connectivity index (χ4n) is 2.16. The van der Waals surface area contributed by atoms with E-state index in [2.05, 4.69) is 26.0 Å². The Morgan fingerprint density at radius 1 is 1.13 bits per heavy atom. The van der Waals surface area contributed by atoms with Crippen LogP contribution in [0.5, 0.6) is 0 Å². The molecule has 1 aliphatic heterocycles. The predicted octanol–water partition coefficient (Wildman–Crippen LogP) is 3.21. The third kappa shape index (κ3) is 2.06. The Balaban J connectivity index is 2.29. The van der Waals surface area contributed by atoms with Crippen molar-refractivity contribution >= 4 is 0 Å². The molecule has 1 aliphatic rings. The van der Waals surface area contributed by atoms with E-state index in [4.69, 9.17) is 9.47 Å². The fourth-order valence-corrected chi connectivity index (χ4v) is 2.16. The Hall–Kier alpha value is -0.860. The van der Waals surface area contributed by atoms with Crippen LogP contribution in [0.25, 0.3) is 0 Å². The summed E-state index contributed by atoms with van der Waals surface area (Å²) >= 11 is 0. The molecule has 0 radical (unpaired) electrons. The molecule has 1 saturated heterocycles. The van der Waals surface area contributed by atoms with Crippen molar-refractivity contribution in [1.29, 1.82) is 0 Å². The van der Waals surface area contributed by atoms with Crippen molar-refractivity contribution in [3.63, 3.8) is 0 Å². The van der Waals surface area contributed by atoms with E-state index in [1.54, 1.807) is 0 Å². The van der Waals surface area contributed by atoms with E-state index in [-0.39, 0.29) is 12.2 Å². The Morgan fingerprint density at radius 3 is 2.33 bits per heavy atom. The molecule has 82 valence electrons. The van der Waals surface area contributed by atoms with Gasteiger partial charge >= 0.3 is 0 Å². The minimum atomic E-state index is -0.466. The number of hydrogen-bond acceptors (Lipinski definition) is 2. The van der Waals surface area contributed by atoms with Gasteiger partial charge in [0.1, 0.15) is 6.10 Å². The van der Waals surface area contributed by atoms with E-state index in [1.807, 2.05) is 26.0 Å². The van der Waals surface area contributed by atoms with Crippen molar-refractivity contribution < 1.29 is 9.47 Å². The lowest BCUT2D eigenvalue weighted by atomic mass is 10.0. The van der Waals surface area contributed by atoms with Crippen molar-refractivity contribution in [2.45, 2.75) is 45.7 Å². The van der Waals surface area contributed by atoms with Crippen LogP contribution in [0.15, 0.2) is 24.3 Å². The molecule has 15 heavy (non-hydrogen) atoms. The Labute approximate surface area is 91.2 Å². The summed E-state index contributed by atoms with van der Waals surface area (Å²) in [5.41, 5.74) is 2.49. The van der Waals surface area contributed by atoms with Gasteiger partial charge in [-0.05, 0) is 38.8 Å². The average molecular weight is 206 g/mol. The largest absolute Gasteiger partial charge is 0.344 e. The SMILES string of the molecule is Cc1ccccc1[C@@H]1OC(C)(C)O[C@@H]1C. The monoisotopic (exact) mass is 206 g/mol. The third-order valence-corrected chi connectivity index (χ3v) is 2.80. The van der Waals surface area contributed by atoms with Gasteiger partial charge in [-0.1, -0.05) is 24.3 Å². The number of ether oxygens (including phenoxy) is 2. The number of rotatable bonds is 1. The molecule has 2 heteroatoms. The van der Waals surface area contributed by atoms with Crippen molar-refractivity contribution in [2.24, 2.45) is 0 Å². The molecule has 1 fully saturated rings. The summed E-state index contributed by atoms with van der Waals surface area (Å²) in [6, 6.07) is 8.31. The van der Waals surface area contributed by atoms with Gasteiger partial charge < -0.3 is 9.47 Å². The highest BCUT2D eigenvalue weighted by Gasteiger charge is 2.39. The maximum Gasteiger partial charge on any atom is 0.164 e. The maximum absolute atomic E-state index is 5.91. The van der Waals surface area contributed by atoms with Gasteiger partial charge in [-0.3, -0.25) is 0 Å². The van der Waals surface area contributed by atoms with Gasteiger partial charge in [0.2, 0.25) is 0 Å². The van der Waals surface area contributed by atoms with Crippen LogP contribution in [0.1, 0.15) is 38.0 Å². The van der Waals surface area contributed by atoms with Crippen molar-refractivity contribution in [3.8, 4) is 0 Å². The first kappa shape index (κ1) is 10.7. The molecule has 1 aromatic rings. The van der Waals surface area contributed by atoms with Crippen LogP contribution in [0.4, 0.5) is 0 Å². The minimum Gasteiger partial charge on any atom is -0.344 e. The topological polar surface area (TPSA) is 18.5 Å². The van der Waals surface area contributed by atoms with Crippen molar-refractivity contribution in [2.75, 3.05) is 0 Å². The van der Waals surface area contributed by atoms with Crippen molar-refractivity contribution in [3.05, 3.63) is 35.4 Å². The number of aryl methyl sites for hydroxylation is 1. The normalized spacial score (nSPS) is 29.3. The molecule has 0 aromatic heterocycles. The second kappa shape index (κ2) is 3.62. The van der Waals surface area contributed by atoms with Crippen LogP contribution in [-0.2, 0) is 9.47 Å². The van der Waals surface area contributed by atoms with Crippen LogP contribution in [0, 0.1) is 6.92 Å². The zero-order chi connectivity index (χ0) is 11.1. The molecule has 0 spiro atoms. The zero-order valence-electron chi connectivity index (χ0n) is 9.78. The molecular formula is C13H18O2. The van der Waals surface area contributed by atoms with Crippen LogP contribution < -0.4 is 0 Å². The summed E-state index contributed by atoms with van der Waals surface area (Å²) in [4.78, 5) is 0. The molecule has 1 aromatic carbocycles. The summed E-state index contributed by atoms with van der Waals surface area (Å²) in [5.74, 6) is -0.466. The molecule has 0 saturated carbocycles. The van der Waals surface area contributed by atoms with Gasteiger partial charge in [0.05, 0.1) is 6.10 Å². The predicted molar refractivity (Wildman–Crippen MR) is 59.6 cm³/mol. The molecular weight excluding hydrogens is 188 g/mol. The van der Waals surface area contributed by atoms with Gasteiger partial charge in [0.15, 0.2) is 5.79 Å². The van der Waals surface area contributed by atoms with E-state index >= 15 is 0 Å². The zero-order valence-corrected chi connectivity index (χ0v) is 9.78. The number of hydrogen-bond donors (Lipinski definition) is 0. The lowest BCUT2D eigenvalue weighted by Crippen LogP contribution is -2.20. The standard InChI is InChI=1S/C13H18O2/c1-9-7-5-6-8-11(9)12-10(2)14-13(3,4)15-12/h5-8,10,12H,1-4H3/t10-,12-/m1/s1. The first-order chi connectivity index (χ1) is 6.99. The highest BCUT2D eigenvalue weighted by Crippen LogP contribution is 2.38. The van der Waals surface area contributed by atoms with E-state index in [0.29, 0.717) is 0 Å². The van der Waals surface area contributed by atoms with Crippen molar-refractivity contribution in [1.82, 2.24) is 0 Å². The summed E-state index contributed by atoms with van der Waals surface area (Å²) in [6.07, 6.45) is 0.169. The molecule has 2 atom stereocenters. The first-order valence-corrected chi connectivity index (χ1v) is 5.41. The Bertz CT molecular complexity index is 357. The summed E-state index contributed by atoms with van der Waals surface area (Å²) in [7, 11) is 0. The molecule has 0 N–H and O–H groups in total. The average Bonchev–Trinajstić information content (AvgIpc) is 2.40. The molecule has 2 nitrogen and oxygen atoms in total. The molecule has 0 aliphatic carbocycles. The highest BCUT2D eigenvalue weighted by molar-refractivity contribution is 5.29. The fraction of sp³-hybridized carbons (Fsp3) is 0.538. The Morgan fingerprint density at radius 2 is 1.80 bits per heavy atom. The minimum absolute atomic E-state index is 0.0567. The van der Waals surface area contributed by atoms with Crippen LogP contribution in [0.2, 0.25) is 0 Å². The second-order valence-electron chi connectivity index (χ2n) is 4.62. The smallest absolute Gasteiger partial charge is 0.164 e. The Kier molecular flexibility index (Phi) is 2.57. The highest BCUT2D eigenvalue weighted by atomic mass is 16.7.